The third-order valence-corrected chi connectivity index (χ3v) is 4.49. The molecule has 1 aromatic heterocycles. The number of nitrogens with two attached hydrogens (primary N) is 1. The standard InChI is InChI=1S/C15H25NOS/c1-4-13-8-9-14(18-13)10-15(17)11(2)6-5-7-12(3)16/h8-9,11-12H,4-7,10,16H2,1-3H3. The van der Waals surface area contributed by atoms with Gasteiger partial charge in [0.1, 0.15) is 5.78 Å². The molecule has 0 radical (unpaired) electrons. The average Bonchev–Trinajstić information content (AvgIpc) is 2.76. The number of hydrogen-bond acceptors (Lipinski definition) is 3. The second-order valence-corrected chi connectivity index (χ2v) is 6.43. The predicted octanol–water partition coefficient (Wildman–Crippen LogP) is 3.58. The predicted molar refractivity (Wildman–Crippen MR) is 79.1 cm³/mol. The van der Waals surface area contributed by atoms with E-state index in [1.54, 1.807) is 11.3 Å². The largest absolute Gasteiger partial charge is 0.328 e. The molecule has 2 nitrogen and oxygen atoms in total. The molecular formula is C15H25NOS. The molecule has 18 heavy (non-hydrogen) atoms. The zero-order chi connectivity index (χ0) is 13.5. The average molecular weight is 267 g/mol. The van der Waals surface area contributed by atoms with Crippen molar-refractivity contribution in [2.24, 2.45) is 11.7 Å². The van der Waals surface area contributed by atoms with Crippen LogP contribution >= 0.6 is 11.3 Å². The van der Waals surface area contributed by atoms with E-state index in [1.165, 1.54) is 9.75 Å². The fourth-order valence-corrected chi connectivity index (χ4v) is 2.93. The van der Waals surface area contributed by atoms with Gasteiger partial charge in [-0.1, -0.05) is 20.3 Å². The van der Waals surface area contributed by atoms with Crippen molar-refractivity contribution in [3.05, 3.63) is 21.9 Å². The highest BCUT2D eigenvalue weighted by Gasteiger charge is 2.14. The Kier molecular flexibility index (Phi) is 6.58. The minimum absolute atomic E-state index is 0.163. The zero-order valence-corrected chi connectivity index (χ0v) is 12.6. The molecule has 2 unspecified atom stereocenters. The summed E-state index contributed by atoms with van der Waals surface area (Å²) < 4.78 is 0. The molecule has 0 saturated heterocycles. The first-order valence-corrected chi connectivity index (χ1v) is 7.70. The first-order valence-electron chi connectivity index (χ1n) is 6.88. The second-order valence-electron chi connectivity index (χ2n) is 5.17. The molecule has 1 aromatic rings. The maximum atomic E-state index is 12.1. The van der Waals surface area contributed by atoms with E-state index in [9.17, 15) is 4.79 Å². The maximum Gasteiger partial charge on any atom is 0.140 e. The van der Waals surface area contributed by atoms with Crippen molar-refractivity contribution in [3.63, 3.8) is 0 Å². The first-order chi connectivity index (χ1) is 8.52. The molecule has 0 aliphatic carbocycles. The summed E-state index contributed by atoms with van der Waals surface area (Å²) >= 11 is 1.77. The zero-order valence-electron chi connectivity index (χ0n) is 11.7. The lowest BCUT2D eigenvalue weighted by Crippen LogP contribution is -2.17. The first kappa shape index (κ1) is 15.4. The summed E-state index contributed by atoms with van der Waals surface area (Å²) in [7, 11) is 0. The lowest BCUT2D eigenvalue weighted by atomic mass is 9.96. The minimum Gasteiger partial charge on any atom is -0.328 e. The van der Waals surface area contributed by atoms with E-state index in [-0.39, 0.29) is 12.0 Å². The van der Waals surface area contributed by atoms with Crippen LogP contribution in [-0.2, 0) is 17.6 Å². The number of ketones is 1. The van der Waals surface area contributed by atoms with E-state index >= 15 is 0 Å². The van der Waals surface area contributed by atoms with E-state index in [2.05, 4.69) is 19.1 Å². The van der Waals surface area contributed by atoms with Gasteiger partial charge in [0, 0.05) is 28.1 Å². The molecule has 0 aliphatic rings. The highest BCUT2D eigenvalue weighted by Crippen LogP contribution is 2.20. The van der Waals surface area contributed by atoms with Crippen LogP contribution in [0.2, 0.25) is 0 Å². The van der Waals surface area contributed by atoms with Crippen LogP contribution in [0.1, 0.15) is 49.8 Å². The van der Waals surface area contributed by atoms with E-state index in [0.717, 1.165) is 25.7 Å². The monoisotopic (exact) mass is 267 g/mol. The van der Waals surface area contributed by atoms with Crippen LogP contribution in [0.4, 0.5) is 0 Å². The molecule has 0 amide bonds. The van der Waals surface area contributed by atoms with Crippen LogP contribution in [-0.4, -0.2) is 11.8 Å². The van der Waals surface area contributed by atoms with Gasteiger partial charge < -0.3 is 5.73 Å². The molecule has 0 aliphatic heterocycles. The SMILES string of the molecule is CCc1ccc(CC(=O)C(C)CCCC(C)N)s1. The molecule has 3 heteroatoms. The van der Waals surface area contributed by atoms with Crippen molar-refractivity contribution in [2.75, 3.05) is 0 Å². The van der Waals surface area contributed by atoms with Crippen LogP contribution in [0.15, 0.2) is 12.1 Å². The molecule has 0 aromatic carbocycles. The van der Waals surface area contributed by atoms with E-state index in [4.69, 9.17) is 5.73 Å². The van der Waals surface area contributed by atoms with Gasteiger partial charge in [-0.3, -0.25) is 4.79 Å². The molecule has 2 atom stereocenters. The number of rotatable bonds is 8. The smallest absolute Gasteiger partial charge is 0.140 e. The van der Waals surface area contributed by atoms with Gasteiger partial charge >= 0.3 is 0 Å². The Morgan fingerprint density at radius 2 is 1.94 bits per heavy atom. The Labute approximate surface area is 115 Å². The molecule has 0 fully saturated rings. The number of thiophene rings is 1. The Bertz CT molecular complexity index is 370. The summed E-state index contributed by atoms with van der Waals surface area (Å²) in [5.74, 6) is 0.528. The van der Waals surface area contributed by atoms with Gasteiger partial charge in [-0.05, 0) is 38.3 Å². The lowest BCUT2D eigenvalue weighted by Gasteiger charge is -2.10. The van der Waals surface area contributed by atoms with Crippen LogP contribution in [0.3, 0.4) is 0 Å². The lowest BCUT2D eigenvalue weighted by molar-refractivity contribution is -0.121. The fourth-order valence-electron chi connectivity index (χ4n) is 1.96. The molecule has 2 N–H and O–H groups in total. The second kappa shape index (κ2) is 7.70. The molecule has 1 rings (SSSR count). The summed E-state index contributed by atoms with van der Waals surface area (Å²) in [6, 6.07) is 4.47. The summed E-state index contributed by atoms with van der Waals surface area (Å²) in [6.45, 7) is 6.20. The molecule has 0 spiro atoms. The van der Waals surface area contributed by atoms with Crippen molar-refractivity contribution < 1.29 is 4.79 Å². The summed E-state index contributed by atoms with van der Waals surface area (Å²) in [5.41, 5.74) is 5.71. The number of carbonyl (C=O) groups is 1. The van der Waals surface area contributed by atoms with Crippen LogP contribution < -0.4 is 5.73 Å². The summed E-state index contributed by atoms with van der Waals surface area (Å²) in [4.78, 5) is 14.6. The van der Waals surface area contributed by atoms with Crippen molar-refractivity contribution in [3.8, 4) is 0 Å². The minimum atomic E-state index is 0.163. The van der Waals surface area contributed by atoms with Crippen LogP contribution in [0.5, 0.6) is 0 Å². The van der Waals surface area contributed by atoms with Crippen LogP contribution in [0.25, 0.3) is 0 Å². The van der Waals surface area contributed by atoms with Gasteiger partial charge in [-0.2, -0.15) is 0 Å². The maximum absolute atomic E-state index is 12.1. The van der Waals surface area contributed by atoms with Gasteiger partial charge in [0.15, 0.2) is 0 Å². The molecule has 0 saturated carbocycles. The Hall–Kier alpha value is -0.670. The van der Waals surface area contributed by atoms with Gasteiger partial charge in [0.25, 0.3) is 0 Å². The molecule has 0 bridgehead atoms. The van der Waals surface area contributed by atoms with Crippen molar-refractivity contribution in [1.29, 1.82) is 0 Å². The summed E-state index contributed by atoms with van der Waals surface area (Å²) in [6.07, 6.45) is 4.69. The number of carbonyl (C=O) groups excluding carboxylic acids is 1. The highest BCUT2D eigenvalue weighted by atomic mass is 32.1. The van der Waals surface area contributed by atoms with E-state index in [0.29, 0.717) is 12.2 Å². The summed E-state index contributed by atoms with van der Waals surface area (Å²) in [5, 5.41) is 0. The van der Waals surface area contributed by atoms with Crippen molar-refractivity contribution >= 4 is 17.1 Å². The molecule has 1 heterocycles. The van der Waals surface area contributed by atoms with Crippen LogP contribution in [0, 0.1) is 5.92 Å². The number of hydrogen-bond donors (Lipinski definition) is 1. The number of aryl methyl sites for hydroxylation is 1. The van der Waals surface area contributed by atoms with Gasteiger partial charge in [-0.15, -0.1) is 11.3 Å². The van der Waals surface area contributed by atoms with Gasteiger partial charge in [0.05, 0.1) is 0 Å². The van der Waals surface area contributed by atoms with E-state index < -0.39 is 0 Å². The highest BCUT2D eigenvalue weighted by molar-refractivity contribution is 7.12. The van der Waals surface area contributed by atoms with Gasteiger partial charge in [0.2, 0.25) is 0 Å². The quantitative estimate of drug-likeness (QED) is 0.782. The third kappa shape index (κ3) is 5.32. The molecule has 102 valence electrons. The van der Waals surface area contributed by atoms with Crippen molar-refractivity contribution in [1.82, 2.24) is 0 Å². The van der Waals surface area contributed by atoms with Crippen molar-refractivity contribution in [2.45, 2.75) is 58.9 Å². The third-order valence-electron chi connectivity index (χ3n) is 3.26. The fraction of sp³-hybridized carbons (Fsp3) is 0.667. The molecular weight excluding hydrogens is 242 g/mol. The van der Waals surface area contributed by atoms with Gasteiger partial charge in [-0.25, -0.2) is 0 Å². The Balaban J connectivity index is 2.35. The number of Topliss-reactive ketones (excluding diaryl/α,β-unsaturated/α-hetero) is 1. The van der Waals surface area contributed by atoms with E-state index in [1.807, 2.05) is 13.8 Å². The Morgan fingerprint density at radius 3 is 2.50 bits per heavy atom. The topological polar surface area (TPSA) is 43.1 Å². The Morgan fingerprint density at radius 1 is 1.28 bits per heavy atom. The normalized spacial score (nSPS) is 14.4.